The Morgan fingerprint density at radius 2 is 2.00 bits per heavy atom. The average molecular weight is 455 g/mol. The zero-order valence-electron chi connectivity index (χ0n) is 16.5. The van der Waals surface area contributed by atoms with E-state index in [1.807, 2.05) is 6.07 Å². The second kappa shape index (κ2) is 8.86. The van der Waals surface area contributed by atoms with E-state index in [1.54, 1.807) is 0 Å². The summed E-state index contributed by atoms with van der Waals surface area (Å²) < 4.78 is 80.9. The van der Waals surface area contributed by atoms with E-state index in [-0.39, 0.29) is 40.8 Å². The molecule has 0 unspecified atom stereocenters. The highest BCUT2D eigenvalue weighted by molar-refractivity contribution is 5.96. The molecule has 0 radical (unpaired) electrons. The molecule has 0 saturated carbocycles. The summed E-state index contributed by atoms with van der Waals surface area (Å²) in [4.78, 5) is 20.9. The summed E-state index contributed by atoms with van der Waals surface area (Å²) in [6, 6.07) is 6.30. The molecule has 168 valence electrons. The van der Waals surface area contributed by atoms with Crippen LogP contribution in [0.25, 0.3) is 22.3 Å². The number of fused-ring (bicyclic) bond motifs is 1. The summed E-state index contributed by atoms with van der Waals surface area (Å²) >= 11 is 0. The van der Waals surface area contributed by atoms with Crippen molar-refractivity contribution < 1.29 is 31.1 Å². The lowest BCUT2D eigenvalue weighted by molar-refractivity contribution is -0.147. The van der Waals surface area contributed by atoms with Gasteiger partial charge in [0.2, 0.25) is 5.82 Å². The van der Waals surface area contributed by atoms with Crippen molar-refractivity contribution >= 4 is 16.9 Å². The maximum atomic E-state index is 14.7. The number of halogens is 6. The van der Waals surface area contributed by atoms with Gasteiger partial charge in [-0.05, 0) is 18.2 Å². The van der Waals surface area contributed by atoms with Gasteiger partial charge in [-0.1, -0.05) is 6.07 Å². The molecular weight excluding hydrogens is 440 g/mol. The Bertz CT molecular complexity index is 1200. The van der Waals surface area contributed by atoms with Gasteiger partial charge in [0.25, 0.3) is 12.3 Å². The van der Waals surface area contributed by atoms with Gasteiger partial charge in [-0.15, -0.1) is 0 Å². The fourth-order valence-electron chi connectivity index (χ4n) is 3.16. The zero-order valence-corrected chi connectivity index (χ0v) is 16.5. The third kappa shape index (κ3) is 4.51. The van der Waals surface area contributed by atoms with Gasteiger partial charge in [0.05, 0.1) is 35.8 Å². The van der Waals surface area contributed by atoms with Crippen molar-refractivity contribution in [2.24, 2.45) is 0 Å². The van der Waals surface area contributed by atoms with Gasteiger partial charge in [0, 0.05) is 25.4 Å². The second-order valence-corrected chi connectivity index (χ2v) is 6.79. The van der Waals surface area contributed by atoms with E-state index in [0.717, 1.165) is 29.3 Å². The van der Waals surface area contributed by atoms with Gasteiger partial charge in [0.15, 0.2) is 0 Å². The highest BCUT2D eigenvalue weighted by atomic mass is 19.4. The first-order valence-electron chi connectivity index (χ1n) is 9.17. The lowest BCUT2D eigenvalue weighted by Gasteiger charge is -2.16. The Hall–Kier alpha value is -3.62. The Kier molecular flexibility index (Phi) is 6.38. The molecule has 2 heterocycles. The zero-order chi connectivity index (χ0) is 23.6. The number of rotatable bonds is 6. The first-order chi connectivity index (χ1) is 15.0. The van der Waals surface area contributed by atoms with E-state index in [1.165, 1.54) is 13.1 Å². The lowest BCUT2D eigenvalue weighted by Crippen LogP contribution is -2.28. The number of nitriles is 1. The van der Waals surface area contributed by atoms with Crippen LogP contribution in [0.4, 0.5) is 26.3 Å². The largest absolute Gasteiger partial charge is 0.449 e. The third-order valence-electron chi connectivity index (χ3n) is 4.62. The molecule has 0 saturated heterocycles. The number of benzene rings is 1. The topological polar surface area (TPSA) is 74.8 Å². The van der Waals surface area contributed by atoms with Gasteiger partial charge in [-0.3, -0.25) is 9.78 Å². The van der Waals surface area contributed by atoms with Crippen LogP contribution in [-0.2, 0) is 12.7 Å². The summed E-state index contributed by atoms with van der Waals surface area (Å²) in [7, 11) is 1.39. The summed E-state index contributed by atoms with van der Waals surface area (Å²) in [5.74, 6) is -3.16. The number of aromatic nitrogens is 3. The Morgan fingerprint density at radius 1 is 1.28 bits per heavy atom. The lowest BCUT2D eigenvalue weighted by atomic mass is 10.1. The monoisotopic (exact) mass is 455 g/mol. The minimum absolute atomic E-state index is 0.0137. The van der Waals surface area contributed by atoms with Crippen molar-refractivity contribution in [3.05, 3.63) is 47.7 Å². The smallest absolute Gasteiger partial charge is 0.341 e. The Balaban J connectivity index is 2.09. The van der Waals surface area contributed by atoms with E-state index in [0.29, 0.717) is 4.57 Å². The summed E-state index contributed by atoms with van der Waals surface area (Å²) in [6.07, 6.45) is -6.91. The van der Waals surface area contributed by atoms with E-state index in [9.17, 15) is 31.1 Å². The Morgan fingerprint density at radius 3 is 2.59 bits per heavy atom. The molecule has 12 heteroatoms. The number of pyridine rings is 1. The number of carbonyl (C=O) groups excluding carboxylic acids is 1. The van der Waals surface area contributed by atoms with E-state index in [4.69, 9.17) is 5.26 Å². The standard InChI is InChI=1S/C20H15F6N5O/c1-30(8-2-6-27)18(32)12-4-3-11(9-13(12)21)16-17-14(5-7-28-16)31(10-15(22)23)19(29-17)20(24,25)26/h3-5,7,9,15H,2,8,10H2,1H3. The molecule has 1 aromatic carbocycles. The molecule has 0 aliphatic heterocycles. The van der Waals surface area contributed by atoms with Gasteiger partial charge in [0.1, 0.15) is 11.3 Å². The number of alkyl halides is 5. The van der Waals surface area contributed by atoms with Crippen LogP contribution in [0, 0.1) is 17.1 Å². The van der Waals surface area contributed by atoms with Crippen molar-refractivity contribution in [3.8, 4) is 17.3 Å². The van der Waals surface area contributed by atoms with Crippen LogP contribution in [0.3, 0.4) is 0 Å². The maximum Gasteiger partial charge on any atom is 0.449 e. The number of nitrogens with zero attached hydrogens (tertiary/aromatic N) is 5. The molecule has 1 amide bonds. The predicted molar refractivity (Wildman–Crippen MR) is 101 cm³/mol. The maximum absolute atomic E-state index is 14.7. The Labute approximate surface area is 177 Å². The molecule has 3 aromatic rings. The highest BCUT2D eigenvalue weighted by Crippen LogP contribution is 2.35. The van der Waals surface area contributed by atoms with Crippen molar-refractivity contribution in [1.29, 1.82) is 5.26 Å². The summed E-state index contributed by atoms with van der Waals surface area (Å²) in [5, 5.41) is 8.60. The van der Waals surface area contributed by atoms with E-state index < -0.39 is 36.7 Å². The number of hydrogen-bond acceptors (Lipinski definition) is 4. The molecule has 0 N–H and O–H groups in total. The fourth-order valence-corrected chi connectivity index (χ4v) is 3.16. The van der Waals surface area contributed by atoms with Crippen molar-refractivity contribution in [2.45, 2.75) is 25.6 Å². The van der Waals surface area contributed by atoms with Gasteiger partial charge in [-0.25, -0.2) is 18.2 Å². The van der Waals surface area contributed by atoms with E-state index in [2.05, 4.69) is 9.97 Å². The normalized spacial score (nSPS) is 11.7. The molecule has 0 fully saturated rings. The fraction of sp³-hybridized carbons (Fsp3) is 0.300. The van der Waals surface area contributed by atoms with Crippen LogP contribution >= 0.6 is 0 Å². The molecule has 32 heavy (non-hydrogen) atoms. The molecule has 2 aromatic heterocycles. The first kappa shape index (κ1) is 23.1. The minimum atomic E-state index is -5.00. The molecule has 6 nitrogen and oxygen atoms in total. The number of carbonyl (C=O) groups is 1. The van der Waals surface area contributed by atoms with Crippen LogP contribution in [-0.4, -0.2) is 45.4 Å². The SMILES string of the molecule is CN(CCC#N)C(=O)c1ccc(-c2nccc3c2nc(C(F)(F)F)n3CC(F)F)cc1F. The van der Waals surface area contributed by atoms with Crippen molar-refractivity contribution in [3.63, 3.8) is 0 Å². The molecule has 0 atom stereocenters. The van der Waals surface area contributed by atoms with Crippen LogP contribution in [0.2, 0.25) is 0 Å². The van der Waals surface area contributed by atoms with Crippen molar-refractivity contribution in [1.82, 2.24) is 19.4 Å². The third-order valence-corrected chi connectivity index (χ3v) is 4.62. The predicted octanol–water partition coefficient (Wildman–Crippen LogP) is 4.51. The van der Waals surface area contributed by atoms with Crippen LogP contribution in [0.1, 0.15) is 22.6 Å². The van der Waals surface area contributed by atoms with Gasteiger partial charge >= 0.3 is 6.18 Å². The minimum Gasteiger partial charge on any atom is -0.341 e. The van der Waals surface area contributed by atoms with Crippen molar-refractivity contribution in [2.75, 3.05) is 13.6 Å². The molecule has 0 aliphatic rings. The number of hydrogen-bond donors (Lipinski definition) is 0. The molecule has 0 bridgehead atoms. The van der Waals surface area contributed by atoms with Gasteiger partial charge in [-0.2, -0.15) is 18.4 Å². The first-order valence-corrected chi connectivity index (χ1v) is 9.17. The summed E-state index contributed by atoms with van der Waals surface area (Å²) in [5.41, 5.74) is -1.01. The molecule has 0 spiro atoms. The van der Waals surface area contributed by atoms with E-state index >= 15 is 0 Å². The second-order valence-electron chi connectivity index (χ2n) is 6.79. The highest BCUT2D eigenvalue weighted by Gasteiger charge is 2.38. The average Bonchev–Trinajstić information content (AvgIpc) is 3.09. The van der Waals surface area contributed by atoms with Crippen LogP contribution in [0.5, 0.6) is 0 Å². The molecule has 0 aliphatic carbocycles. The summed E-state index contributed by atoms with van der Waals surface area (Å²) in [6.45, 7) is -1.15. The number of imidazole rings is 1. The van der Waals surface area contributed by atoms with Crippen LogP contribution < -0.4 is 0 Å². The number of amides is 1. The molecule has 3 rings (SSSR count). The van der Waals surface area contributed by atoms with Crippen LogP contribution in [0.15, 0.2) is 30.5 Å². The molecular formula is C20H15F6N5O. The quantitative estimate of drug-likeness (QED) is 0.513. The van der Waals surface area contributed by atoms with Gasteiger partial charge < -0.3 is 9.47 Å².